The molecule has 3 aliphatic heterocycles. The Kier molecular flexibility index (Phi) is 10.8. The van der Waals surface area contributed by atoms with Gasteiger partial charge in [-0.3, -0.25) is 19.2 Å². The van der Waals surface area contributed by atoms with E-state index in [1.165, 1.54) is 4.90 Å². The molecule has 1 aromatic rings. The van der Waals surface area contributed by atoms with E-state index < -0.39 is 41.7 Å². The fourth-order valence-electron chi connectivity index (χ4n) is 6.65. The van der Waals surface area contributed by atoms with Crippen LogP contribution in [0, 0.1) is 11.8 Å². The van der Waals surface area contributed by atoms with Gasteiger partial charge in [0.15, 0.2) is 0 Å². The van der Waals surface area contributed by atoms with Crippen molar-refractivity contribution in [2.75, 3.05) is 26.2 Å². The summed E-state index contributed by atoms with van der Waals surface area (Å²) in [5.74, 6) is -3.34. The van der Waals surface area contributed by atoms with Gasteiger partial charge in [-0.25, -0.2) is 0 Å². The van der Waals surface area contributed by atoms with Crippen molar-refractivity contribution in [1.82, 2.24) is 15.1 Å². The summed E-state index contributed by atoms with van der Waals surface area (Å²) < 4.78 is 12.6. The third-order valence-electron chi connectivity index (χ3n) is 8.57. The van der Waals surface area contributed by atoms with Gasteiger partial charge in [-0.05, 0) is 38.7 Å². The van der Waals surface area contributed by atoms with Crippen LogP contribution in [0.4, 0.5) is 0 Å². The summed E-state index contributed by atoms with van der Waals surface area (Å²) in [4.78, 5) is 57.5. The Morgan fingerprint density at radius 1 is 1.26 bits per heavy atom. The van der Waals surface area contributed by atoms with Crippen LogP contribution in [0.1, 0.15) is 51.2 Å². The highest BCUT2D eigenvalue weighted by Gasteiger charge is 2.77. The van der Waals surface area contributed by atoms with E-state index in [4.69, 9.17) is 9.47 Å². The number of aliphatic hydroxyl groups is 1. The van der Waals surface area contributed by atoms with E-state index in [-0.39, 0.29) is 61.1 Å². The molecule has 3 saturated heterocycles. The van der Waals surface area contributed by atoms with Crippen LogP contribution in [0.3, 0.4) is 0 Å². The number of allylic oxidation sites excluding steroid dienone is 1. The van der Waals surface area contributed by atoms with Gasteiger partial charge in [-0.15, -0.1) is 13.2 Å². The lowest BCUT2D eigenvalue weighted by Crippen LogP contribution is -2.58. The number of benzene rings is 1. The summed E-state index contributed by atoms with van der Waals surface area (Å²) in [6.07, 6.45) is 3.26. The Bertz CT molecular complexity index is 1210. The average Bonchev–Trinajstić information content (AvgIpc) is 3.58. The molecule has 4 rings (SSSR count). The maximum absolute atomic E-state index is 14.2. The molecule has 3 fully saturated rings. The van der Waals surface area contributed by atoms with Gasteiger partial charge >= 0.3 is 5.97 Å². The third kappa shape index (κ3) is 6.44. The first-order chi connectivity index (χ1) is 20.6. The molecule has 11 heteroatoms. The minimum Gasteiger partial charge on any atom is -0.455 e. The number of likely N-dealkylation sites (tertiary alicyclic amines) is 1. The topological polar surface area (TPSA) is 125 Å². The van der Waals surface area contributed by atoms with Crippen LogP contribution in [-0.4, -0.2) is 93.5 Å². The normalized spacial score (nSPS) is 28.0. The zero-order valence-electron chi connectivity index (χ0n) is 24.8. The molecule has 43 heavy (non-hydrogen) atoms. The molecule has 10 nitrogen and oxygen atoms in total. The number of nitrogens with zero attached hydrogens (tertiary/aromatic N) is 2. The monoisotopic (exact) mass is 659 g/mol. The Balaban J connectivity index is 1.65. The van der Waals surface area contributed by atoms with Crippen LogP contribution < -0.4 is 5.32 Å². The van der Waals surface area contributed by atoms with Crippen molar-refractivity contribution >= 4 is 39.6 Å². The van der Waals surface area contributed by atoms with Crippen molar-refractivity contribution in [3.63, 3.8) is 0 Å². The highest BCUT2D eigenvalue weighted by Crippen LogP contribution is 2.60. The van der Waals surface area contributed by atoms with E-state index in [1.54, 1.807) is 17.1 Å². The molecule has 0 aliphatic carbocycles. The second-order valence-electron chi connectivity index (χ2n) is 11.6. The fourth-order valence-corrected chi connectivity index (χ4v) is 7.60. The summed E-state index contributed by atoms with van der Waals surface area (Å²) in [6.45, 7) is 11.6. The minimum absolute atomic E-state index is 0.0557. The fraction of sp³-hybridized carbons (Fsp3) is 0.562. The van der Waals surface area contributed by atoms with Crippen molar-refractivity contribution in [1.29, 1.82) is 0 Å². The Labute approximate surface area is 261 Å². The van der Waals surface area contributed by atoms with Gasteiger partial charge in [0.25, 0.3) is 0 Å². The molecule has 1 spiro atoms. The molecule has 1 aromatic carbocycles. The number of hydrogen-bond donors (Lipinski definition) is 2. The van der Waals surface area contributed by atoms with Crippen LogP contribution in [0.25, 0.3) is 0 Å². The number of esters is 1. The lowest BCUT2D eigenvalue weighted by atomic mass is 9.70. The van der Waals surface area contributed by atoms with E-state index in [2.05, 4.69) is 34.4 Å². The number of fused-ring (bicyclic) bond motifs is 1. The third-order valence-corrected chi connectivity index (χ3v) is 9.42. The van der Waals surface area contributed by atoms with Gasteiger partial charge in [0.2, 0.25) is 17.7 Å². The highest BCUT2D eigenvalue weighted by molar-refractivity contribution is 9.09. The van der Waals surface area contributed by atoms with Crippen LogP contribution in [-0.2, 0) is 28.7 Å². The maximum Gasteiger partial charge on any atom is 0.313 e. The van der Waals surface area contributed by atoms with E-state index >= 15 is 0 Å². The first-order valence-corrected chi connectivity index (χ1v) is 15.8. The van der Waals surface area contributed by atoms with Crippen molar-refractivity contribution in [3.05, 3.63) is 61.2 Å². The summed E-state index contributed by atoms with van der Waals surface area (Å²) >= 11 is 3.68. The van der Waals surface area contributed by atoms with Crippen molar-refractivity contribution in [2.24, 2.45) is 11.8 Å². The Morgan fingerprint density at radius 3 is 2.60 bits per heavy atom. The number of carbonyl (C=O) groups is 4. The first kappa shape index (κ1) is 32.9. The molecule has 0 saturated carbocycles. The molecular formula is C32H42BrN3O7. The summed E-state index contributed by atoms with van der Waals surface area (Å²) in [7, 11) is 0. The number of nitrogens with one attached hydrogen (secondary N) is 1. The number of halogens is 1. The van der Waals surface area contributed by atoms with Crippen LogP contribution >= 0.6 is 15.9 Å². The lowest BCUT2D eigenvalue weighted by Gasteiger charge is -2.38. The second-order valence-corrected chi connectivity index (χ2v) is 12.8. The SMILES string of the molecule is C=CCCC(=O)NC[C@H](OC(=O)[C@@H]1[C@H]2O[C@@]3(CC2Br)[C@H](C(=O)N(CC=C)C(C)C)N(CCCO)C(=O)[C@@H]13)c1ccccc1. The smallest absolute Gasteiger partial charge is 0.313 e. The number of hydrogen-bond acceptors (Lipinski definition) is 7. The zero-order valence-corrected chi connectivity index (χ0v) is 26.4. The number of carbonyl (C=O) groups excluding carboxylic acids is 4. The number of rotatable bonds is 15. The van der Waals surface area contributed by atoms with Gasteiger partial charge in [0.1, 0.15) is 17.7 Å². The number of amides is 3. The van der Waals surface area contributed by atoms with Gasteiger partial charge in [-0.1, -0.05) is 58.4 Å². The average molecular weight is 661 g/mol. The molecular weight excluding hydrogens is 618 g/mol. The second kappa shape index (κ2) is 14.2. The maximum atomic E-state index is 14.2. The van der Waals surface area contributed by atoms with Gasteiger partial charge in [0.05, 0.1) is 24.5 Å². The number of ether oxygens (including phenoxy) is 2. The molecule has 2 N–H and O–H groups in total. The van der Waals surface area contributed by atoms with Crippen LogP contribution in [0.5, 0.6) is 0 Å². The molecule has 3 aliphatic rings. The highest BCUT2D eigenvalue weighted by atomic mass is 79.9. The predicted octanol–water partition coefficient (Wildman–Crippen LogP) is 2.91. The van der Waals surface area contributed by atoms with E-state index in [1.807, 2.05) is 44.2 Å². The molecule has 234 valence electrons. The quantitative estimate of drug-likeness (QED) is 0.169. The van der Waals surface area contributed by atoms with Crippen LogP contribution in [0.15, 0.2) is 55.6 Å². The van der Waals surface area contributed by atoms with Crippen molar-refractivity contribution < 1.29 is 33.8 Å². The first-order valence-electron chi connectivity index (χ1n) is 14.9. The predicted molar refractivity (Wildman–Crippen MR) is 164 cm³/mol. The number of aliphatic hydroxyl groups excluding tert-OH is 1. The Hall–Kier alpha value is -3.02. The summed E-state index contributed by atoms with van der Waals surface area (Å²) in [5, 5.41) is 12.4. The van der Waals surface area contributed by atoms with Crippen molar-refractivity contribution in [3.8, 4) is 0 Å². The number of alkyl halides is 1. The summed E-state index contributed by atoms with van der Waals surface area (Å²) in [5.41, 5.74) is -0.539. The molecule has 0 radical (unpaired) electrons. The van der Waals surface area contributed by atoms with E-state index in [9.17, 15) is 24.3 Å². The minimum atomic E-state index is -1.23. The summed E-state index contributed by atoms with van der Waals surface area (Å²) in [6, 6.07) is 7.98. The molecule has 2 bridgehead atoms. The Morgan fingerprint density at radius 2 is 1.98 bits per heavy atom. The lowest BCUT2D eigenvalue weighted by molar-refractivity contribution is -0.160. The largest absolute Gasteiger partial charge is 0.455 e. The van der Waals surface area contributed by atoms with Gasteiger partial charge < -0.3 is 29.7 Å². The zero-order chi connectivity index (χ0) is 31.3. The van der Waals surface area contributed by atoms with Crippen molar-refractivity contribution in [2.45, 2.75) is 74.3 Å². The van der Waals surface area contributed by atoms with E-state index in [0.717, 1.165) is 0 Å². The van der Waals surface area contributed by atoms with E-state index in [0.29, 0.717) is 24.9 Å². The van der Waals surface area contributed by atoms with Gasteiger partial charge in [-0.2, -0.15) is 0 Å². The molecule has 0 aromatic heterocycles. The molecule has 7 atom stereocenters. The standard InChI is InChI=1S/C32H42BrN3O7/c1-5-7-14-24(38)34-19-23(21-12-9-8-10-13-21)42-31(41)25-26-29(39)36(16-11-17-37)28(30(40)35(15-6-2)20(3)4)32(26)18-22(33)27(25)43-32/h5-6,8-10,12-13,20,22-23,25-28,37H,1-2,7,11,14-19H2,3-4H3,(H,34,38)/t22?,23-,25-,26+,27-,28-,32+/m0/s1. The van der Waals surface area contributed by atoms with Crippen LogP contribution in [0.2, 0.25) is 0 Å². The molecule has 1 unspecified atom stereocenters. The molecule has 3 amide bonds. The van der Waals surface area contributed by atoms with Gasteiger partial charge in [0, 0.05) is 37.0 Å². The molecule has 3 heterocycles.